The average molecular weight is 236 g/mol. The van der Waals surface area contributed by atoms with Crippen molar-refractivity contribution in [2.45, 2.75) is 26.2 Å². The number of carbonyl (C=O) groups is 1. The molecule has 3 N–H and O–H groups in total. The van der Waals surface area contributed by atoms with Gasteiger partial charge in [-0.2, -0.15) is 0 Å². The van der Waals surface area contributed by atoms with E-state index in [4.69, 9.17) is 5.73 Å². The first-order valence-corrected chi connectivity index (χ1v) is 5.89. The van der Waals surface area contributed by atoms with Gasteiger partial charge in [-0.15, -0.1) is 0 Å². The van der Waals surface area contributed by atoms with Gasteiger partial charge in [0, 0.05) is 12.2 Å². The molecule has 17 heavy (non-hydrogen) atoms. The summed E-state index contributed by atoms with van der Waals surface area (Å²) in [6.45, 7) is 2.77. The molecule has 0 aromatic heterocycles. The van der Waals surface area contributed by atoms with Crippen LogP contribution in [-0.4, -0.2) is 12.5 Å². The molecule has 0 atom stereocenters. The van der Waals surface area contributed by atoms with Gasteiger partial charge in [0.2, 0.25) is 0 Å². The summed E-state index contributed by atoms with van der Waals surface area (Å²) in [5.74, 6) is -0.734. The van der Waals surface area contributed by atoms with Crippen molar-refractivity contribution in [1.29, 1.82) is 0 Å². The number of rotatable bonds is 4. The summed E-state index contributed by atoms with van der Waals surface area (Å²) in [4.78, 5) is 11.9. The molecule has 0 spiro atoms. The largest absolute Gasteiger partial charge is 0.398 e. The maximum Gasteiger partial charge on any atom is 0.253 e. The van der Waals surface area contributed by atoms with E-state index in [9.17, 15) is 9.18 Å². The monoisotopic (exact) mass is 236 g/mol. The molecule has 0 bridgehead atoms. The Morgan fingerprint density at radius 3 is 2.82 bits per heavy atom. The molecular weight excluding hydrogens is 219 g/mol. The summed E-state index contributed by atoms with van der Waals surface area (Å²) in [7, 11) is 0. The number of nitrogens with two attached hydrogens (primary N) is 1. The lowest BCUT2D eigenvalue weighted by Crippen LogP contribution is -2.30. The Labute approximate surface area is 100 Å². The molecule has 4 heteroatoms. The van der Waals surface area contributed by atoms with Crippen LogP contribution >= 0.6 is 0 Å². The molecule has 92 valence electrons. The number of nitrogens with one attached hydrogen (secondary N) is 1. The molecule has 3 nitrogen and oxygen atoms in total. The molecule has 2 rings (SSSR count). The van der Waals surface area contributed by atoms with Crippen LogP contribution in [0.25, 0.3) is 0 Å². The van der Waals surface area contributed by atoms with E-state index in [1.54, 1.807) is 0 Å². The second-order valence-corrected chi connectivity index (χ2v) is 4.77. The van der Waals surface area contributed by atoms with E-state index >= 15 is 0 Å². The number of amides is 1. The van der Waals surface area contributed by atoms with Crippen LogP contribution in [0.4, 0.5) is 10.1 Å². The van der Waals surface area contributed by atoms with Crippen LogP contribution in [0.2, 0.25) is 0 Å². The maximum atomic E-state index is 13.0. The molecule has 1 aromatic rings. The SMILES string of the molecule is CCC1(CNC(=O)c2cc(F)ccc2N)CC1. The van der Waals surface area contributed by atoms with Gasteiger partial charge >= 0.3 is 0 Å². The number of nitrogen functional groups attached to an aromatic ring is 1. The van der Waals surface area contributed by atoms with Crippen molar-refractivity contribution >= 4 is 11.6 Å². The second kappa shape index (κ2) is 4.35. The van der Waals surface area contributed by atoms with Gasteiger partial charge in [0.05, 0.1) is 5.56 Å². The zero-order valence-electron chi connectivity index (χ0n) is 9.92. The fraction of sp³-hybridized carbons (Fsp3) is 0.462. The Kier molecular flexibility index (Phi) is 3.05. The minimum Gasteiger partial charge on any atom is -0.398 e. The molecule has 0 aliphatic heterocycles. The minimum absolute atomic E-state index is 0.219. The summed E-state index contributed by atoms with van der Waals surface area (Å²) in [5.41, 5.74) is 6.46. The Balaban J connectivity index is 2.02. The number of anilines is 1. The predicted octanol–water partition coefficient (Wildman–Crippen LogP) is 2.33. The average Bonchev–Trinajstić information content (AvgIpc) is 3.10. The smallest absolute Gasteiger partial charge is 0.253 e. The number of benzene rings is 1. The van der Waals surface area contributed by atoms with Crippen molar-refractivity contribution in [3.63, 3.8) is 0 Å². The Morgan fingerprint density at radius 1 is 1.53 bits per heavy atom. The number of hydrogen-bond donors (Lipinski definition) is 2. The van der Waals surface area contributed by atoms with Crippen LogP contribution in [0.1, 0.15) is 36.5 Å². The minimum atomic E-state index is -0.444. The van der Waals surface area contributed by atoms with Crippen molar-refractivity contribution in [2.75, 3.05) is 12.3 Å². The molecule has 0 radical (unpaired) electrons. The van der Waals surface area contributed by atoms with Gasteiger partial charge in [-0.1, -0.05) is 6.92 Å². The van der Waals surface area contributed by atoms with Gasteiger partial charge in [-0.3, -0.25) is 4.79 Å². The maximum absolute atomic E-state index is 13.0. The molecule has 0 saturated heterocycles. The molecule has 0 heterocycles. The summed E-state index contributed by atoms with van der Waals surface area (Å²) in [6.07, 6.45) is 3.37. The highest BCUT2D eigenvalue weighted by molar-refractivity contribution is 5.99. The third-order valence-corrected chi connectivity index (χ3v) is 3.59. The van der Waals surface area contributed by atoms with E-state index in [0.717, 1.165) is 19.3 Å². The number of halogens is 1. The molecule has 1 amide bonds. The highest BCUT2D eigenvalue weighted by atomic mass is 19.1. The normalized spacial score (nSPS) is 16.6. The first-order chi connectivity index (χ1) is 8.06. The fourth-order valence-electron chi connectivity index (χ4n) is 1.92. The summed E-state index contributed by atoms with van der Waals surface area (Å²) in [6, 6.07) is 3.84. The molecule has 1 saturated carbocycles. The van der Waals surface area contributed by atoms with Gasteiger partial charge in [0.25, 0.3) is 5.91 Å². The standard InChI is InChI=1S/C13H17FN2O/c1-2-13(5-6-13)8-16-12(17)10-7-9(14)3-4-11(10)15/h3-4,7H,2,5-6,8,15H2,1H3,(H,16,17). The Bertz CT molecular complexity index is 441. The zero-order chi connectivity index (χ0) is 12.5. The predicted molar refractivity (Wildman–Crippen MR) is 65.1 cm³/mol. The van der Waals surface area contributed by atoms with Gasteiger partial charge in [0.15, 0.2) is 0 Å². The van der Waals surface area contributed by atoms with Crippen molar-refractivity contribution in [1.82, 2.24) is 5.32 Å². The zero-order valence-corrected chi connectivity index (χ0v) is 9.92. The highest BCUT2D eigenvalue weighted by Crippen LogP contribution is 2.47. The van der Waals surface area contributed by atoms with E-state index in [0.29, 0.717) is 12.2 Å². The van der Waals surface area contributed by atoms with Crippen LogP contribution in [0, 0.1) is 11.2 Å². The van der Waals surface area contributed by atoms with E-state index in [-0.39, 0.29) is 16.9 Å². The van der Waals surface area contributed by atoms with Crippen LogP contribution in [0.5, 0.6) is 0 Å². The van der Waals surface area contributed by atoms with Gasteiger partial charge in [-0.25, -0.2) is 4.39 Å². The Hall–Kier alpha value is -1.58. The van der Waals surface area contributed by atoms with Crippen molar-refractivity contribution in [3.05, 3.63) is 29.6 Å². The lowest BCUT2D eigenvalue weighted by atomic mass is 10.0. The first-order valence-electron chi connectivity index (χ1n) is 5.89. The topological polar surface area (TPSA) is 55.1 Å². The van der Waals surface area contributed by atoms with Crippen LogP contribution in [0.15, 0.2) is 18.2 Å². The van der Waals surface area contributed by atoms with Crippen molar-refractivity contribution < 1.29 is 9.18 Å². The van der Waals surface area contributed by atoms with Gasteiger partial charge in [0.1, 0.15) is 5.82 Å². The molecule has 1 aliphatic rings. The molecular formula is C13H17FN2O. The van der Waals surface area contributed by atoms with E-state index < -0.39 is 5.82 Å². The highest BCUT2D eigenvalue weighted by Gasteiger charge is 2.40. The lowest BCUT2D eigenvalue weighted by molar-refractivity contribution is 0.0945. The van der Waals surface area contributed by atoms with E-state index in [2.05, 4.69) is 12.2 Å². The second-order valence-electron chi connectivity index (χ2n) is 4.77. The molecule has 1 fully saturated rings. The first kappa shape index (κ1) is 11.9. The molecule has 1 aromatic carbocycles. The third-order valence-electron chi connectivity index (χ3n) is 3.59. The van der Waals surface area contributed by atoms with Crippen molar-refractivity contribution in [3.8, 4) is 0 Å². The number of carbonyl (C=O) groups excluding carboxylic acids is 1. The summed E-state index contributed by atoms with van der Waals surface area (Å²) < 4.78 is 13.0. The van der Waals surface area contributed by atoms with Crippen LogP contribution in [0.3, 0.4) is 0 Å². The van der Waals surface area contributed by atoms with Crippen LogP contribution < -0.4 is 11.1 Å². The lowest BCUT2D eigenvalue weighted by Gasteiger charge is -2.14. The third kappa shape index (κ3) is 2.57. The quantitative estimate of drug-likeness (QED) is 0.788. The molecule has 1 aliphatic carbocycles. The molecule has 0 unspecified atom stereocenters. The summed E-state index contributed by atoms with van der Waals surface area (Å²) >= 11 is 0. The number of hydrogen-bond acceptors (Lipinski definition) is 2. The van der Waals surface area contributed by atoms with Crippen molar-refractivity contribution in [2.24, 2.45) is 5.41 Å². The van der Waals surface area contributed by atoms with Gasteiger partial charge in [-0.05, 0) is 42.9 Å². The van der Waals surface area contributed by atoms with E-state index in [1.807, 2.05) is 0 Å². The van der Waals surface area contributed by atoms with Gasteiger partial charge < -0.3 is 11.1 Å². The fourth-order valence-corrected chi connectivity index (χ4v) is 1.92. The Morgan fingerprint density at radius 2 is 2.24 bits per heavy atom. The van der Waals surface area contributed by atoms with Crippen LogP contribution in [-0.2, 0) is 0 Å². The summed E-state index contributed by atoms with van der Waals surface area (Å²) in [5, 5.41) is 2.84. The van der Waals surface area contributed by atoms with E-state index in [1.165, 1.54) is 18.2 Å².